The number of hydrogen-bond donors (Lipinski definition) is 2. The summed E-state index contributed by atoms with van der Waals surface area (Å²) in [6, 6.07) is 1.59. The standard InChI is InChI=1S/C12H24N2/c1-9-3-4-11(7-9)14-12-5-6-13-8-10(12)2/h9-14H,3-8H2,1-2H3. The van der Waals surface area contributed by atoms with Crippen molar-refractivity contribution in [2.75, 3.05) is 13.1 Å². The van der Waals surface area contributed by atoms with Crippen LogP contribution in [0.15, 0.2) is 0 Å². The van der Waals surface area contributed by atoms with Gasteiger partial charge in [-0.05, 0) is 50.6 Å². The summed E-state index contributed by atoms with van der Waals surface area (Å²) < 4.78 is 0. The van der Waals surface area contributed by atoms with Gasteiger partial charge in [-0.25, -0.2) is 0 Å². The van der Waals surface area contributed by atoms with Gasteiger partial charge < -0.3 is 10.6 Å². The van der Waals surface area contributed by atoms with E-state index in [4.69, 9.17) is 0 Å². The topological polar surface area (TPSA) is 24.1 Å². The van der Waals surface area contributed by atoms with Gasteiger partial charge in [-0.1, -0.05) is 13.8 Å². The largest absolute Gasteiger partial charge is 0.316 e. The van der Waals surface area contributed by atoms with Crippen molar-refractivity contribution in [3.63, 3.8) is 0 Å². The third-order valence-corrected chi connectivity index (χ3v) is 3.93. The predicted molar refractivity (Wildman–Crippen MR) is 60.4 cm³/mol. The number of nitrogens with one attached hydrogen (secondary N) is 2. The molecule has 14 heavy (non-hydrogen) atoms. The van der Waals surface area contributed by atoms with E-state index in [0.29, 0.717) is 0 Å². The predicted octanol–water partition coefficient (Wildman–Crippen LogP) is 1.76. The van der Waals surface area contributed by atoms with E-state index in [0.717, 1.165) is 23.9 Å². The Bertz CT molecular complexity index is 181. The first-order valence-electron chi connectivity index (χ1n) is 6.22. The zero-order valence-electron chi connectivity index (χ0n) is 9.55. The van der Waals surface area contributed by atoms with Crippen LogP contribution in [-0.4, -0.2) is 25.2 Å². The lowest BCUT2D eigenvalue weighted by Crippen LogP contribution is -2.49. The Balaban J connectivity index is 1.78. The van der Waals surface area contributed by atoms with E-state index in [1.165, 1.54) is 38.8 Å². The van der Waals surface area contributed by atoms with Gasteiger partial charge in [0, 0.05) is 12.1 Å². The maximum absolute atomic E-state index is 3.86. The Kier molecular flexibility index (Phi) is 3.45. The van der Waals surface area contributed by atoms with Crippen LogP contribution in [0.5, 0.6) is 0 Å². The van der Waals surface area contributed by atoms with Gasteiger partial charge in [0.1, 0.15) is 0 Å². The first kappa shape index (κ1) is 10.4. The third-order valence-electron chi connectivity index (χ3n) is 3.93. The van der Waals surface area contributed by atoms with Crippen molar-refractivity contribution >= 4 is 0 Å². The summed E-state index contributed by atoms with van der Waals surface area (Å²) in [7, 11) is 0. The molecule has 1 aliphatic carbocycles. The molecule has 1 aliphatic heterocycles. The average Bonchev–Trinajstić information content (AvgIpc) is 2.56. The maximum atomic E-state index is 3.86. The first-order chi connectivity index (χ1) is 6.75. The van der Waals surface area contributed by atoms with Crippen LogP contribution in [0.3, 0.4) is 0 Å². The van der Waals surface area contributed by atoms with Crippen molar-refractivity contribution in [2.45, 2.75) is 51.6 Å². The van der Waals surface area contributed by atoms with Crippen LogP contribution in [0, 0.1) is 11.8 Å². The second-order valence-electron chi connectivity index (χ2n) is 5.36. The second-order valence-corrected chi connectivity index (χ2v) is 5.36. The molecule has 1 saturated heterocycles. The summed E-state index contributed by atoms with van der Waals surface area (Å²) in [5, 5.41) is 7.32. The van der Waals surface area contributed by atoms with E-state index < -0.39 is 0 Å². The summed E-state index contributed by atoms with van der Waals surface area (Å²) in [6.45, 7) is 7.14. The van der Waals surface area contributed by atoms with Crippen LogP contribution in [0.4, 0.5) is 0 Å². The monoisotopic (exact) mass is 196 g/mol. The van der Waals surface area contributed by atoms with Gasteiger partial charge in [0.15, 0.2) is 0 Å². The molecule has 2 N–H and O–H groups in total. The molecular formula is C12H24N2. The summed E-state index contributed by atoms with van der Waals surface area (Å²) >= 11 is 0. The molecule has 0 radical (unpaired) electrons. The van der Waals surface area contributed by atoms with Gasteiger partial charge in [-0.3, -0.25) is 0 Å². The Morgan fingerprint density at radius 1 is 1.14 bits per heavy atom. The van der Waals surface area contributed by atoms with Crippen LogP contribution >= 0.6 is 0 Å². The quantitative estimate of drug-likeness (QED) is 0.703. The molecule has 2 nitrogen and oxygen atoms in total. The molecule has 0 amide bonds. The maximum Gasteiger partial charge on any atom is 0.0119 e. The lowest BCUT2D eigenvalue weighted by Gasteiger charge is -2.32. The van der Waals surface area contributed by atoms with E-state index >= 15 is 0 Å². The molecule has 0 aromatic heterocycles. The molecule has 0 aromatic rings. The van der Waals surface area contributed by atoms with Gasteiger partial charge in [-0.15, -0.1) is 0 Å². The van der Waals surface area contributed by atoms with Crippen molar-refractivity contribution in [3.8, 4) is 0 Å². The summed E-state index contributed by atoms with van der Waals surface area (Å²) in [5.74, 6) is 1.75. The molecule has 2 fully saturated rings. The highest BCUT2D eigenvalue weighted by Gasteiger charge is 2.27. The van der Waals surface area contributed by atoms with Crippen LogP contribution in [0.1, 0.15) is 39.5 Å². The van der Waals surface area contributed by atoms with Crippen LogP contribution in [0.25, 0.3) is 0 Å². The van der Waals surface area contributed by atoms with Gasteiger partial charge in [0.05, 0.1) is 0 Å². The molecule has 4 atom stereocenters. The van der Waals surface area contributed by atoms with E-state index in [2.05, 4.69) is 24.5 Å². The number of rotatable bonds is 2. The smallest absolute Gasteiger partial charge is 0.0119 e. The molecule has 0 spiro atoms. The van der Waals surface area contributed by atoms with Crippen molar-refractivity contribution < 1.29 is 0 Å². The molecule has 0 bridgehead atoms. The molecule has 0 aromatic carbocycles. The van der Waals surface area contributed by atoms with Crippen molar-refractivity contribution in [3.05, 3.63) is 0 Å². The Labute approximate surface area is 87.8 Å². The Morgan fingerprint density at radius 2 is 2.00 bits per heavy atom. The lowest BCUT2D eigenvalue weighted by molar-refractivity contribution is 0.271. The highest BCUT2D eigenvalue weighted by molar-refractivity contribution is 4.86. The van der Waals surface area contributed by atoms with Crippen molar-refractivity contribution in [2.24, 2.45) is 11.8 Å². The normalized spacial score (nSPS) is 44.1. The fraction of sp³-hybridized carbons (Fsp3) is 1.00. The molecule has 2 heteroatoms. The molecule has 1 heterocycles. The zero-order valence-corrected chi connectivity index (χ0v) is 9.55. The minimum absolute atomic E-state index is 0.770. The van der Waals surface area contributed by atoms with Crippen LogP contribution in [-0.2, 0) is 0 Å². The van der Waals surface area contributed by atoms with Crippen molar-refractivity contribution in [1.29, 1.82) is 0 Å². The van der Waals surface area contributed by atoms with E-state index in [1.54, 1.807) is 0 Å². The second kappa shape index (κ2) is 4.63. The van der Waals surface area contributed by atoms with Crippen molar-refractivity contribution in [1.82, 2.24) is 10.6 Å². The van der Waals surface area contributed by atoms with Crippen LogP contribution < -0.4 is 10.6 Å². The SMILES string of the molecule is CC1CCC(NC2CCNCC2C)C1. The lowest BCUT2D eigenvalue weighted by atomic mass is 9.94. The molecular weight excluding hydrogens is 172 g/mol. The molecule has 1 saturated carbocycles. The zero-order chi connectivity index (χ0) is 9.97. The van der Waals surface area contributed by atoms with Gasteiger partial charge in [0.2, 0.25) is 0 Å². The summed E-state index contributed by atoms with van der Waals surface area (Å²) in [4.78, 5) is 0. The Hall–Kier alpha value is -0.0800. The summed E-state index contributed by atoms with van der Waals surface area (Å²) in [5.41, 5.74) is 0. The number of hydrogen-bond acceptors (Lipinski definition) is 2. The highest BCUT2D eigenvalue weighted by atomic mass is 15.0. The number of piperidine rings is 1. The molecule has 2 rings (SSSR count). The highest BCUT2D eigenvalue weighted by Crippen LogP contribution is 2.26. The van der Waals surface area contributed by atoms with Gasteiger partial charge >= 0.3 is 0 Å². The van der Waals surface area contributed by atoms with Gasteiger partial charge in [-0.2, -0.15) is 0 Å². The third kappa shape index (κ3) is 2.48. The van der Waals surface area contributed by atoms with Gasteiger partial charge in [0.25, 0.3) is 0 Å². The molecule has 82 valence electrons. The average molecular weight is 196 g/mol. The van der Waals surface area contributed by atoms with E-state index in [1.807, 2.05) is 0 Å². The fourth-order valence-electron chi connectivity index (χ4n) is 2.92. The Morgan fingerprint density at radius 3 is 2.64 bits per heavy atom. The fourth-order valence-corrected chi connectivity index (χ4v) is 2.92. The minimum atomic E-state index is 0.770. The summed E-state index contributed by atoms with van der Waals surface area (Å²) in [6.07, 6.45) is 5.54. The first-order valence-corrected chi connectivity index (χ1v) is 6.22. The van der Waals surface area contributed by atoms with E-state index in [9.17, 15) is 0 Å². The van der Waals surface area contributed by atoms with E-state index in [-0.39, 0.29) is 0 Å². The molecule has 4 unspecified atom stereocenters. The molecule has 2 aliphatic rings. The minimum Gasteiger partial charge on any atom is -0.316 e. The van der Waals surface area contributed by atoms with Crippen LogP contribution in [0.2, 0.25) is 0 Å².